The van der Waals surface area contributed by atoms with Crippen LogP contribution in [0.1, 0.15) is 0 Å². The van der Waals surface area contributed by atoms with Gasteiger partial charge in [-0.15, -0.1) is 0 Å². The Labute approximate surface area is 143 Å². The van der Waals surface area contributed by atoms with Gasteiger partial charge in [0.05, 0.1) is 0 Å². The van der Waals surface area contributed by atoms with Crippen molar-refractivity contribution in [1.82, 2.24) is 0 Å². The van der Waals surface area contributed by atoms with E-state index >= 15 is 0 Å². The molecule has 0 unspecified atom stereocenters. The van der Waals surface area contributed by atoms with Crippen molar-refractivity contribution in [1.29, 1.82) is 0 Å². The predicted molar refractivity (Wildman–Crippen MR) is 100 cm³/mol. The molecular formula is C20H14OS2. The number of aromatic hydroxyl groups is 1. The zero-order chi connectivity index (χ0) is 15.6. The number of thiophene rings is 2. The fraction of sp³-hybridized carbons (Fsp3) is 0. The highest BCUT2D eigenvalue weighted by molar-refractivity contribution is 7.08. The lowest BCUT2D eigenvalue weighted by Crippen LogP contribution is -1.83. The van der Waals surface area contributed by atoms with Gasteiger partial charge in [0.15, 0.2) is 0 Å². The summed E-state index contributed by atoms with van der Waals surface area (Å²) < 4.78 is 0. The highest BCUT2D eigenvalue weighted by Crippen LogP contribution is 2.36. The van der Waals surface area contributed by atoms with Crippen molar-refractivity contribution in [3.8, 4) is 39.1 Å². The number of rotatable bonds is 3. The fourth-order valence-corrected chi connectivity index (χ4v) is 4.00. The predicted octanol–water partition coefficient (Wildman–Crippen LogP) is 6.52. The molecule has 2 heterocycles. The second-order valence-electron chi connectivity index (χ2n) is 5.34. The van der Waals surface area contributed by atoms with Crippen LogP contribution in [0.3, 0.4) is 0 Å². The van der Waals surface area contributed by atoms with Crippen molar-refractivity contribution < 1.29 is 5.11 Å². The van der Waals surface area contributed by atoms with Gasteiger partial charge < -0.3 is 5.11 Å². The molecule has 0 aliphatic rings. The molecule has 0 spiro atoms. The third kappa shape index (κ3) is 2.81. The molecule has 112 valence electrons. The maximum Gasteiger partial charge on any atom is 0.123 e. The van der Waals surface area contributed by atoms with Crippen molar-refractivity contribution in [2.75, 3.05) is 0 Å². The SMILES string of the molecule is Oc1ccc(-c2ccsc2)cc1-c1cccc(-c2ccsc2)c1. The summed E-state index contributed by atoms with van der Waals surface area (Å²) in [6.45, 7) is 0. The van der Waals surface area contributed by atoms with E-state index in [1.807, 2.05) is 18.2 Å². The van der Waals surface area contributed by atoms with Gasteiger partial charge in [0.1, 0.15) is 5.75 Å². The van der Waals surface area contributed by atoms with Crippen LogP contribution in [0, 0.1) is 0 Å². The van der Waals surface area contributed by atoms with Gasteiger partial charge >= 0.3 is 0 Å². The van der Waals surface area contributed by atoms with Crippen molar-refractivity contribution in [3.63, 3.8) is 0 Å². The smallest absolute Gasteiger partial charge is 0.123 e. The molecule has 1 nitrogen and oxygen atoms in total. The van der Waals surface area contributed by atoms with Crippen molar-refractivity contribution in [3.05, 3.63) is 76.1 Å². The number of hydrogen-bond donors (Lipinski definition) is 1. The molecule has 23 heavy (non-hydrogen) atoms. The maximum atomic E-state index is 10.3. The van der Waals surface area contributed by atoms with Gasteiger partial charge in [-0.25, -0.2) is 0 Å². The molecule has 1 N–H and O–H groups in total. The molecule has 0 aliphatic heterocycles. The van der Waals surface area contributed by atoms with E-state index in [1.165, 1.54) is 16.7 Å². The molecule has 0 amide bonds. The first kappa shape index (κ1) is 14.2. The highest BCUT2D eigenvalue weighted by atomic mass is 32.1. The fourth-order valence-electron chi connectivity index (χ4n) is 2.67. The molecule has 2 aromatic heterocycles. The summed E-state index contributed by atoms with van der Waals surface area (Å²) in [6, 6.07) is 18.3. The highest BCUT2D eigenvalue weighted by Gasteiger charge is 2.09. The summed E-state index contributed by atoms with van der Waals surface area (Å²) >= 11 is 3.37. The number of hydrogen-bond acceptors (Lipinski definition) is 3. The van der Waals surface area contributed by atoms with E-state index in [9.17, 15) is 5.11 Å². The van der Waals surface area contributed by atoms with E-state index in [4.69, 9.17) is 0 Å². The second kappa shape index (κ2) is 6.03. The molecule has 4 rings (SSSR count). The minimum atomic E-state index is 0.312. The Hall–Kier alpha value is -2.36. The first-order valence-corrected chi connectivity index (χ1v) is 9.18. The molecule has 0 aliphatic carbocycles. The minimum Gasteiger partial charge on any atom is -0.507 e. The van der Waals surface area contributed by atoms with Crippen LogP contribution in [-0.4, -0.2) is 5.11 Å². The Morgan fingerprint density at radius 1 is 0.609 bits per heavy atom. The van der Waals surface area contributed by atoms with Crippen molar-refractivity contribution in [2.45, 2.75) is 0 Å². The third-order valence-corrected chi connectivity index (χ3v) is 5.25. The average Bonchev–Trinajstić information content (AvgIpc) is 3.29. The van der Waals surface area contributed by atoms with Gasteiger partial charge in [-0.3, -0.25) is 0 Å². The van der Waals surface area contributed by atoms with Crippen LogP contribution in [0.4, 0.5) is 0 Å². The first-order valence-electron chi connectivity index (χ1n) is 7.30. The molecule has 4 aromatic rings. The van der Waals surface area contributed by atoms with Crippen LogP contribution in [0.2, 0.25) is 0 Å². The maximum absolute atomic E-state index is 10.3. The molecule has 2 aromatic carbocycles. The Morgan fingerprint density at radius 3 is 1.91 bits per heavy atom. The van der Waals surface area contributed by atoms with E-state index in [2.05, 4.69) is 51.9 Å². The van der Waals surface area contributed by atoms with E-state index in [0.29, 0.717) is 5.75 Å². The molecule has 3 heteroatoms. The van der Waals surface area contributed by atoms with Crippen LogP contribution in [0.25, 0.3) is 33.4 Å². The molecular weight excluding hydrogens is 320 g/mol. The van der Waals surface area contributed by atoms with Crippen LogP contribution in [-0.2, 0) is 0 Å². The minimum absolute atomic E-state index is 0.312. The van der Waals surface area contributed by atoms with Gasteiger partial charge in [0.2, 0.25) is 0 Å². The Morgan fingerprint density at radius 2 is 1.26 bits per heavy atom. The van der Waals surface area contributed by atoms with E-state index in [-0.39, 0.29) is 0 Å². The van der Waals surface area contributed by atoms with Gasteiger partial charge in [-0.1, -0.05) is 24.3 Å². The zero-order valence-electron chi connectivity index (χ0n) is 12.3. The largest absolute Gasteiger partial charge is 0.507 e. The first-order chi connectivity index (χ1) is 11.3. The molecule has 0 radical (unpaired) electrons. The zero-order valence-corrected chi connectivity index (χ0v) is 13.9. The van der Waals surface area contributed by atoms with E-state index < -0.39 is 0 Å². The molecule has 0 fully saturated rings. The summed E-state index contributed by atoms with van der Waals surface area (Å²) in [6.07, 6.45) is 0. The monoisotopic (exact) mass is 334 g/mol. The number of phenolic OH excluding ortho intramolecular Hbond substituents is 1. The van der Waals surface area contributed by atoms with Crippen LogP contribution in [0.5, 0.6) is 5.75 Å². The normalized spacial score (nSPS) is 10.8. The Kier molecular flexibility index (Phi) is 3.74. The van der Waals surface area contributed by atoms with Gasteiger partial charge in [-0.05, 0) is 79.7 Å². The Bertz CT molecular complexity index is 922. The van der Waals surface area contributed by atoms with E-state index in [0.717, 1.165) is 16.7 Å². The second-order valence-corrected chi connectivity index (χ2v) is 6.90. The summed E-state index contributed by atoms with van der Waals surface area (Å²) in [7, 11) is 0. The van der Waals surface area contributed by atoms with Crippen LogP contribution < -0.4 is 0 Å². The lowest BCUT2D eigenvalue weighted by atomic mass is 9.97. The van der Waals surface area contributed by atoms with Gasteiger partial charge in [0.25, 0.3) is 0 Å². The number of phenols is 1. The lowest BCUT2D eigenvalue weighted by Gasteiger charge is -2.09. The average molecular weight is 334 g/mol. The molecule has 0 saturated carbocycles. The van der Waals surface area contributed by atoms with Gasteiger partial charge in [0, 0.05) is 5.56 Å². The van der Waals surface area contributed by atoms with Crippen molar-refractivity contribution in [2.24, 2.45) is 0 Å². The van der Waals surface area contributed by atoms with Crippen molar-refractivity contribution >= 4 is 22.7 Å². The topological polar surface area (TPSA) is 20.2 Å². The third-order valence-electron chi connectivity index (χ3n) is 3.88. The summed E-state index contributed by atoms with van der Waals surface area (Å²) in [5.41, 5.74) is 6.59. The lowest BCUT2D eigenvalue weighted by molar-refractivity contribution is 0.477. The van der Waals surface area contributed by atoms with Crippen LogP contribution >= 0.6 is 22.7 Å². The van der Waals surface area contributed by atoms with E-state index in [1.54, 1.807) is 28.7 Å². The summed E-state index contributed by atoms with van der Waals surface area (Å²) in [5, 5.41) is 18.7. The molecule has 0 bridgehead atoms. The molecule has 0 saturated heterocycles. The molecule has 0 atom stereocenters. The summed E-state index contributed by atoms with van der Waals surface area (Å²) in [5.74, 6) is 0.312. The summed E-state index contributed by atoms with van der Waals surface area (Å²) in [4.78, 5) is 0. The standard InChI is InChI=1S/C20H14OS2/c21-20-5-4-15(18-7-9-23-13-18)11-19(20)16-3-1-2-14(10-16)17-6-8-22-12-17/h1-13,21H. The quantitative estimate of drug-likeness (QED) is 0.452. The number of benzene rings is 2. The van der Waals surface area contributed by atoms with Crippen LogP contribution in [0.15, 0.2) is 76.1 Å². The van der Waals surface area contributed by atoms with Gasteiger partial charge in [-0.2, -0.15) is 22.7 Å². The Balaban J connectivity index is 1.81.